The molecule has 0 bridgehead atoms. The SMILES string of the molecule is NC(=O)c1ccc(NC(=O)C2CSCCN2)cc1. The summed E-state index contributed by atoms with van der Waals surface area (Å²) in [5.74, 6) is 1.30. The van der Waals surface area contributed by atoms with E-state index in [1.807, 2.05) is 0 Å². The van der Waals surface area contributed by atoms with E-state index in [-0.39, 0.29) is 11.9 Å². The molecule has 1 unspecified atom stereocenters. The van der Waals surface area contributed by atoms with Gasteiger partial charge in [-0.05, 0) is 24.3 Å². The quantitative estimate of drug-likeness (QED) is 0.740. The highest BCUT2D eigenvalue weighted by Crippen LogP contribution is 2.12. The minimum absolute atomic E-state index is 0.0472. The number of anilines is 1. The van der Waals surface area contributed by atoms with Gasteiger partial charge in [0.25, 0.3) is 0 Å². The van der Waals surface area contributed by atoms with E-state index in [0.717, 1.165) is 18.1 Å². The first kappa shape index (κ1) is 12.9. The highest BCUT2D eigenvalue weighted by atomic mass is 32.2. The molecule has 2 amide bonds. The summed E-state index contributed by atoms with van der Waals surface area (Å²) in [5.41, 5.74) is 6.24. The molecular formula is C12H15N3O2S. The van der Waals surface area contributed by atoms with E-state index in [1.165, 1.54) is 0 Å². The summed E-state index contributed by atoms with van der Waals surface area (Å²) in [5, 5.41) is 5.97. The first-order chi connectivity index (χ1) is 8.66. The second kappa shape index (κ2) is 5.88. The van der Waals surface area contributed by atoms with Crippen LogP contribution in [0.25, 0.3) is 0 Å². The lowest BCUT2D eigenvalue weighted by Crippen LogP contribution is -2.46. The molecule has 18 heavy (non-hydrogen) atoms. The summed E-state index contributed by atoms with van der Waals surface area (Å²) in [6.07, 6.45) is 0. The number of hydrogen-bond donors (Lipinski definition) is 3. The van der Waals surface area contributed by atoms with Crippen LogP contribution in [0.15, 0.2) is 24.3 Å². The molecule has 1 heterocycles. The predicted molar refractivity (Wildman–Crippen MR) is 72.7 cm³/mol. The maximum Gasteiger partial charge on any atom is 0.248 e. The van der Waals surface area contributed by atoms with Crippen molar-refractivity contribution in [2.45, 2.75) is 6.04 Å². The largest absolute Gasteiger partial charge is 0.366 e. The van der Waals surface area contributed by atoms with Gasteiger partial charge in [-0.1, -0.05) is 0 Å². The van der Waals surface area contributed by atoms with Gasteiger partial charge in [0.2, 0.25) is 11.8 Å². The van der Waals surface area contributed by atoms with E-state index < -0.39 is 5.91 Å². The smallest absolute Gasteiger partial charge is 0.248 e. The number of thioether (sulfide) groups is 1. The summed E-state index contributed by atoms with van der Waals surface area (Å²) in [6.45, 7) is 0.851. The first-order valence-electron chi connectivity index (χ1n) is 5.68. The third-order valence-corrected chi connectivity index (χ3v) is 3.74. The van der Waals surface area contributed by atoms with Crippen LogP contribution < -0.4 is 16.4 Å². The molecule has 0 aromatic heterocycles. The van der Waals surface area contributed by atoms with Crippen LogP contribution in [0.4, 0.5) is 5.69 Å². The van der Waals surface area contributed by atoms with E-state index in [2.05, 4.69) is 10.6 Å². The number of hydrogen-bond acceptors (Lipinski definition) is 4. The lowest BCUT2D eigenvalue weighted by atomic mass is 10.2. The summed E-state index contributed by atoms with van der Waals surface area (Å²) in [4.78, 5) is 22.8. The number of carbonyl (C=O) groups excluding carboxylic acids is 2. The van der Waals surface area contributed by atoms with Gasteiger partial charge in [0.1, 0.15) is 0 Å². The van der Waals surface area contributed by atoms with Gasteiger partial charge in [0.05, 0.1) is 6.04 Å². The topological polar surface area (TPSA) is 84.2 Å². The number of amides is 2. The Morgan fingerprint density at radius 1 is 1.33 bits per heavy atom. The normalized spacial score (nSPS) is 19.2. The van der Waals surface area contributed by atoms with Crippen molar-refractivity contribution in [2.75, 3.05) is 23.4 Å². The predicted octanol–water partition coefficient (Wildman–Crippen LogP) is 0.429. The maximum absolute atomic E-state index is 11.9. The van der Waals surface area contributed by atoms with E-state index >= 15 is 0 Å². The molecule has 6 heteroatoms. The lowest BCUT2D eigenvalue weighted by molar-refractivity contribution is -0.117. The number of nitrogens with one attached hydrogen (secondary N) is 2. The van der Waals surface area contributed by atoms with Crippen LogP contribution in [0.2, 0.25) is 0 Å². The zero-order chi connectivity index (χ0) is 13.0. The molecule has 1 fully saturated rings. The Labute approximate surface area is 110 Å². The van der Waals surface area contributed by atoms with Crippen LogP contribution in [0.5, 0.6) is 0 Å². The van der Waals surface area contributed by atoms with Gasteiger partial charge < -0.3 is 16.4 Å². The van der Waals surface area contributed by atoms with Gasteiger partial charge in [-0.3, -0.25) is 9.59 Å². The van der Waals surface area contributed by atoms with E-state index in [1.54, 1.807) is 36.0 Å². The van der Waals surface area contributed by atoms with Crippen molar-refractivity contribution < 1.29 is 9.59 Å². The summed E-state index contributed by atoms with van der Waals surface area (Å²) < 4.78 is 0. The third-order valence-electron chi connectivity index (χ3n) is 2.68. The van der Waals surface area contributed by atoms with Gasteiger partial charge >= 0.3 is 0 Å². The van der Waals surface area contributed by atoms with Crippen molar-refractivity contribution in [1.29, 1.82) is 0 Å². The molecule has 1 aliphatic rings. The van der Waals surface area contributed by atoms with Crippen LogP contribution in [0.3, 0.4) is 0 Å². The number of benzene rings is 1. The fourth-order valence-corrected chi connectivity index (χ4v) is 2.61. The molecule has 5 nitrogen and oxygen atoms in total. The first-order valence-corrected chi connectivity index (χ1v) is 6.84. The van der Waals surface area contributed by atoms with Crippen LogP contribution in [-0.2, 0) is 4.79 Å². The molecule has 96 valence electrons. The molecule has 1 aromatic carbocycles. The molecular weight excluding hydrogens is 250 g/mol. The third kappa shape index (κ3) is 3.24. The zero-order valence-corrected chi connectivity index (χ0v) is 10.6. The molecule has 0 spiro atoms. The number of rotatable bonds is 3. The van der Waals surface area contributed by atoms with Crippen molar-refractivity contribution in [3.8, 4) is 0 Å². The highest BCUT2D eigenvalue weighted by Gasteiger charge is 2.20. The Morgan fingerprint density at radius 2 is 2.06 bits per heavy atom. The molecule has 0 radical (unpaired) electrons. The summed E-state index contributed by atoms with van der Waals surface area (Å²) in [6, 6.07) is 6.39. The molecule has 1 atom stereocenters. The minimum Gasteiger partial charge on any atom is -0.366 e. The molecule has 0 saturated carbocycles. The van der Waals surface area contributed by atoms with Crippen molar-refractivity contribution in [3.05, 3.63) is 29.8 Å². The summed E-state index contributed by atoms with van der Waals surface area (Å²) in [7, 11) is 0. The Kier molecular flexibility index (Phi) is 4.22. The van der Waals surface area contributed by atoms with E-state index in [0.29, 0.717) is 11.3 Å². The Bertz CT molecular complexity index is 441. The van der Waals surface area contributed by atoms with Crippen molar-refractivity contribution in [2.24, 2.45) is 5.73 Å². The number of nitrogens with two attached hydrogens (primary N) is 1. The van der Waals surface area contributed by atoms with Crippen molar-refractivity contribution in [3.63, 3.8) is 0 Å². The lowest BCUT2D eigenvalue weighted by Gasteiger charge is -2.22. The number of carbonyl (C=O) groups is 2. The Balaban J connectivity index is 1.96. The maximum atomic E-state index is 11.9. The van der Waals surface area contributed by atoms with Gasteiger partial charge in [-0.25, -0.2) is 0 Å². The fraction of sp³-hybridized carbons (Fsp3) is 0.333. The van der Waals surface area contributed by atoms with Crippen molar-refractivity contribution in [1.82, 2.24) is 5.32 Å². The van der Waals surface area contributed by atoms with Crippen LogP contribution >= 0.6 is 11.8 Å². The van der Waals surface area contributed by atoms with E-state index in [9.17, 15) is 9.59 Å². The average Bonchev–Trinajstić information content (AvgIpc) is 2.40. The Morgan fingerprint density at radius 3 is 2.61 bits per heavy atom. The summed E-state index contributed by atoms with van der Waals surface area (Å²) >= 11 is 1.76. The fourth-order valence-electron chi connectivity index (χ4n) is 1.68. The van der Waals surface area contributed by atoms with Gasteiger partial charge in [0.15, 0.2) is 0 Å². The van der Waals surface area contributed by atoms with Gasteiger partial charge in [0, 0.05) is 29.3 Å². The molecule has 4 N–H and O–H groups in total. The monoisotopic (exact) mass is 265 g/mol. The Hall–Kier alpha value is -1.53. The average molecular weight is 265 g/mol. The van der Waals surface area contributed by atoms with Crippen molar-refractivity contribution >= 4 is 29.3 Å². The zero-order valence-electron chi connectivity index (χ0n) is 9.81. The van der Waals surface area contributed by atoms with Gasteiger partial charge in [-0.2, -0.15) is 11.8 Å². The molecule has 1 saturated heterocycles. The highest BCUT2D eigenvalue weighted by molar-refractivity contribution is 7.99. The molecule has 0 aliphatic carbocycles. The minimum atomic E-state index is -0.474. The standard InChI is InChI=1S/C12H15N3O2S/c13-11(16)8-1-3-9(4-2-8)15-12(17)10-7-18-6-5-14-10/h1-4,10,14H,5-7H2,(H2,13,16)(H,15,17). The van der Waals surface area contributed by atoms with Crippen LogP contribution in [-0.4, -0.2) is 35.9 Å². The van der Waals surface area contributed by atoms with Crippen LogP contribution in [0, 0.1) is 0 Å². The second-order valence-corrected chi connectivity index (χ2v) is 5.16. The molecule has 1 aromatic rings. The number of primary amides is 1. The molecule has 1 aliphatic heterocycles. The van der Waals surface area contributed by atoms with Crippen LogP contribution in [0.1, 0.15) is 10.4 Å². The van der Waals surface area contributed by atoms with Gasteiger partial charge in [-0.15, -0.1) is 0 Å². The van der Waals surface area contributed by atoms with E-state index in [4.69, 9.17) is 5.73 Å². The molecule has 2 rings (SSSR count). The second-order valence-electron chi connectivity index (χ2n) is 4.01.